The van der Waals surface area contributed by atoms with Gasteiger partial charge >= 0.3 is 0 Å². The lowest BCUT2D eigenvalue weighted by atomic mass is 10.3. The number of nitrogens with zero attached hydrogens (tertiary/aromatic N) is 2. The SMILES string of the molecule is Cc1cnc(N)nc1Nc1ccc(Br)c(Cl)c1. The highest BCUT2D eigenvalue weighted by Gasteiger charge is 2.04. The van der Waals surface area contributed by atoms with Crippen LogP contribution >= 0.6 is 27.5 Å². The van der Waals surface area contributed by atoms with E-state index in [0.29, 0.717) is 10.8 Å². The normalized spacial score (nSPS) is 10.3. The minimum absolute atomic E-state index is 0.237. The average molecular weight is 314 g/mol. The quantitative estimate of drug-likeness (QED) is 0.890. The lowest BCUT2D eigenvalue weighted by molar-refractivity contribution is 1.15. The van der Waals surface area contributed by atoms with E-state index in [0.717, 1.165) is 15.7 Å². The molecule has 0 aliphatic carbocycles. The Bertz CT molecular complexity index is 559. The predicted octanol–water partition coefficient (Wildman–Crippen LogP) is 3.53. The number of aryl methyl sites for hydroxylation is 1. The Labute approximate surface area is 112 Å². The fourth-order valence-corrected chi connectivity index (χ4v) is 1.72. The molecule has 0 amide bonds. The summed E-state index contributed by atoms with van der Waals surface area (Å²) in [7, 11) is 0. The molecule has 1 heterocycles. The summed E-state index contributed by atoms with van der Waals surface area (Å²) in [4.78, 5) is 8.03. The smallest absolute Gasteiger partial charge is 0.221 e. The van der Waals surface area contributed by atoms with Gasteiger partial charge in [-0.1, -0.05) is 11.6 Å². The monoisotopic (exact) mass is 312 g/mol. The van der Waals surface area contributed by atoms with Crippen molar-refractivity contribution in [2.45, 2.75) is 6.92 Å². The molecule has 17 heavy (non-hydrogen) atoms. The van der Waals surface area contributed by atoms with E-state index < -0.39 is 0 Å². The summed E-state index contributed by atoms with van der Waals surface area (Å²) in [6, 6.07) is 5.57. The van der Waals surface area contributed by atoms with Crippen LogP contribution in [0.5, 0.6) is 0 Å². The van der Waals surface area contributed by atoms with E-state index in [1.54, 1.807) is 6.20 Å². The zero-order chi connectivity index (χ0) is 12.4. The van der Waals surface area contributed by atoms with Crippen LogP contribution < -0.4 is 11.1 Å². The highest BCUT2D eigenvalue weighted by Crippen LogP contribution is 2.27. The van der Waals surface area contributed by atoms with Crippen LogP contribution in [0.3, 0.4) is 0 Å². The van der Waals surface area contributed by atoms with Gasteiger partial charge in [0.15, 0.2) is 0 Å². The fraction of sp³-hybridized carbons (Fsp3) is 0.0909. The van der Waals surface area contributed by atoms with Crippen LogP contribution in [0.4, 0.5) is 17.5 Å². The maximum absolute atomic E-state index is 6.01. The van der Waals surface area contributed by atoms with Crippen molar-refractivity contribution in [1.29, 1.82) is 0 Å². The Morgan fingerprint density at radius 2 is 2.18 bits per heavy atom. The Kier molecular flexibility index (Phi) is 3.49. The topological polar surface area (TPSA) is 63.8 Å². The third-order valence-electron chi connectivity index (χ3n) is 2.17. The highest BCUT2D eigenvalue weighted by molar-refractivity contribution is 9.10. The van der Waals surface area contributed by atoms with E-state index in [4.69, 9.17) is 17.3 Å². The van der Waals surface area contributed by atoms with Crippen molar-refractivity contribution in [1.82, 2.24) is 9.97 Å². The lowest BCUT2D eigenvalue weighted by Crippen LogP contribution is -2.01. The molecule has 1 aromatic heterocycles. The maximum atomic E-state index is 6.01. The minimum Gasteiger partial charge on any atom is -0.368 e. The summed E-state index contributed by atoms with van der Waals surface area (Å²) < 4.78 is 0.851. The first-order valence-corrected chi connectivity index (χ1v) is 6.04. The number of rotatable bonds is 2. The third-order valence-corrected chi connectivity index (χ3v) is 3.41. The van der Waals surface area contributed by atoms with E-state index in [9.17, 15) is 0 Å². The molecule has 4 nitrogen and oxygen atoms in total. The molecule has 0 fully saturated rings. The zero-order valence-electron chi connectivity index (χ0n) is 9.04. The predicted molar refractivity (Wildman–Crippen MR) is 73.6 cm³/mol. The van der Waals surface area contributed by atoms with Crippen LogP contribution in [0.15, 0.2) is 28.9 Å². The van der Waals surface area contributed by atoms with Gasteiger partial charge in [-0.05, 0) is 41.1 Å². The van der Waals surface area contributed by atoms with Crippen molar-refractivity contribution in [3.63, 3.8) is 0 Å². The Hall–Kier alpha value is -1.33. The van der Waals surface area contributed by atoms with Crippen LogP contribution in [0.25, 0.3) is 0 Å². The summed E-state index contributed by atoms with van der Waals surface area (Å²) in [5.41, 5.74) is 7.30. The van der Waals surface area contributed by atoms with Gasteiger partial charge in [0.25, 0.3) is 0 Å². The van der Waals surface area contributed by atoms with Crippen molar-refractivity contribution < 1.29 is 0 Å². The number of hydrogen-bond donors (Lipinski definition) is 2. The number of halogens is 2. The summed E-state index contributed by atoms with van der Waals surface area (Å²) in [6.07, 6.45) is 1.67. The van der Waals surface area contributed by atoms with E-state index in [1.165, 1.54) is 0 Å². The van der Waals surface area contributed by atoms with Gasteiger partial charge in [0, 0.05) is 21.9 Å². The van der Waals surface area contributed by atoms with Crippen molar-refractivity contribution in [3.05, 3.63) is 39.5 Å². The van der Waals surface area contributed by atoms with Crippen LogP contribution in [0, 0.1) is 6.92 Å². The minimum atomic E-state index is 0.237. The second kappa shape index (κ2) is 4.89. The molecule has 2 rings (SSSR count). The number of nitrogens with one attached hydrogen (secondary N) is 1. The molecule has 3 N–H and O–H groups in total. The van der Waals surface area contributed by atoms with Crippen LogP contribution in [0.1, 0.15) is 5.56 Å². The van der Waals surface area contributed by atoms with Gasteiger partial charge in [-0.3, -0.25) is 0 Å². The van der Waals surface area contributed by atoms with E-state index in [-0.39, 0.29) is 5.95 Å². The van der Waals surface area contributed by atoms with Gasteiger partial charge in [-0.15, -0.1) is 0 Å². The van der Waals surface area contributed by atoms with E-state index >= 15 is 0 Å². The van der Waals surface area contributed by atoms with Crippen molar-refractivity contribution in [2.75, 3.05) is 11.1 Å². The summed E-state index contributed by atoms with van der Waals surface area (Å²) >= 11 is 9.34. The first kappa shape index (κ1) is 12.1. The van der Waals surface area contributed by atoms with Gasteiger partial charge < -0.3 is 11.1 Å². The standard InChI is InChI=1S/C11H10BrClN4/c1-6-5-15-11(14)17-10(6)16-7-2-3-8(12)9(13)4-7/h2-5H,1H3,(H3,14,15,16,17). The molecule has 0 saturated heterocycles. The Morgan fingerprint density at radius 3 is 2.88 bits per heavy atom. The molecule has 0 saturated carbocycles. The van der Waals surface area contributed by atoms with Gasteiger partial charge in [-0.25, -0.2) is 4.98 Å². The summed E-state index contributed by atoms with van der Waals surface area (Å²) in [5.74, 6) is 0.914. The average Bonchev–Trinajstić information content (AvgIpc) is 2.29. The van der Waals surface area contributed by atoms with Gasteiger partial charge in [0.1, 0.15) is 5.82 Å². The Morgan fingerprint density at radius 1 is 1.41 bits per heavy atom. The molecule has 0 bridgehead atoms. The maximum Gasteiger partial charge on any atom is 0.221 e. The first-order chi connectivity index (χ1) is 8.06. The summed E-state index contributed by atoms with van der Waals surface area (Å²) in [6.45, 7) is 1.90. The molecule has 0 aliphatic heterocycles. The second-order valence-electron chi connectivity index (χ2n) is 3.51. The van der Waals surface area contributed by atoms with Crippen LogP contribution in [-0.2, 0) is 0 Å². The van der Waals surface area contributed by atoms with E-state index in [2.05, 4.69) is 31.2 Å². The first-order valence-electron chi connectivity index (χ1n) is 4.87. The molecule has 0 unspecified atom stereocenters. The molecule has 2 aromatic rings. The molecule has 0 spiro atoms. The van der Waals surface area contributed by atoms with Gasteiger partial charge in [0.2, 0.25) is 5.95 Å². The van der Waals surface area contributed by atoms with Crippen LogP contribution in [-0.4, -0.2) is 9.97 Å². The fourth-order valence-electron chi connectivity index (χ4n) is 1.29. The number of nitrogens with two attached hydrogens (primary N) is 1. The van der Waals surface area contributed by atoms with E-state index in [1.807, 2.05) is 25.1 Å². The highest BCUT2D eigenvalue weighted by atomic mass is 79.9. The molecule has 1 aromatic carbocycles. The van der Waals surface area contributed by atoms with Crippen molar-refractivity contribution in [2.24, 2.45) is 0 Å². The molecule has 0 atom stereocenters. The van der Waals surface area contributed by atoms with Crippen LogP contribution in [0.2, 0.25) is 5.02 Å². The van der Waals surface area contributed by atoms with Crippen molar-refractivity contribution >= 4 is 45.0 Å². The lowest BCUT2D eigenvalue weighted by Gasteiger charge is -2.09. The van der Waals surface area contributed by atoms with Gasteiger partial charge in [0.05, 0.1) is 5.02 Å². The molecule has 0 aliphatic rings. The number of aromatic nitrogens is 2. The third kappa shape index (κ3) is 2.87. The second-order valence-corrected chi connectivity index (χ2v) is 4.78. The zero-order valence-corrected chi connectivity index (χ0v) is 11.4. The summed E-state index contributed by atoms with van der Waals surface area (Å²) in [5, 5.41) is 3.78. The molecular weight excluding hydrogens is 304 g/mol. The number of anilines is 3. The largest absolute Gasteiger partial charge is 0.368 e. The number of hydrogen-bond acceptors (Lipinski definition) is 4. The Balaban J connectivity index is 2.31. The molecule has 0 radical (unpaired) electrons. The number of nitrogen functional groups attached to an aromatic ring is 1. The molecule has 6 heteroatoms. The molecular formula is C11H10BrClN4. The van der Waals surface area contributed by atoms with Gasteiger partial charge in [-0.2, -0.15) is 4.98 Å². The van der Waals surface area contributed by atoms with Crippen molar-refractivity contribution in [3.8, 4) is 0 Å². The number of benzene rings is 1. The molecule has 88 valence electrons.